The average Bonchev–Trinajstić information content (AvgIpc) is 2.43. The highest BCUT2D eigenvalue weighted by Gasteiger charge is 2.08. The molecule has 1 aromatic carbocycles. The van der Waals surface area contributed by atoms with Crippen LogP contribution in [0.4, 0.5) is 0 Å². The Kier molecular flexibility index (Phi) is 8.07. The van der Waals surface area contributed by atoms with E-state index in [2.05, 4.69) is 0 Å². The molecule has 0 aromatic heterocycles. The first-order valence-corrected chi connectivity index (χ1v) is 7.16. The van der Waals surface area contributed by atoms with Crippen molar-refractivity contribution in [3.8, 4) is 11.5 Å². The Morgan fingerprint density at radius 1 is 0.900 bits per heavy atom. The van der Waals surface area contributed by atoms with Gasteiger partial charge in [-0.15, -0.1) is 0 Å². The summed E-state index contributed by atoms with van der Waals surface area (Å²) in [6, 6.07) is 7.56. The minimum Gasteiger partial charge on any atom is -0.493 e. The molecule has 114 valence electrons. The number of rotatable bonds is 10. The van der Waals surface area contributed by atoms with E-state index in [0.717, 1.165) is 19.4 Å². The third-order valence-corrected chi connectivity index (χ3v) is 2.70. The molecule has 4 nitrogen and oxygen atoms in total. The van der Waals surface area contributed by atoms with Crippen molar-refractivity contribution in [2.24, 2.45) is 0 Å². The maximum absolute atomic E-state index is 5.70. The first kappa shape index (κ1) is 16.8. The molecule has 0 fully saturated rings. The first-order chi connectivity index (χ1) is 9.63. The monoisotopic (exact) mass is 282 g/mol. The molecule has 1 unspecified atom stereocenters. The first-order valence-electron chi connectivity index (χ1n) is 7.16. The summed E-state index contributed by atoms with van der Waals surface area (Å²) in [7, 11) is 1.63. The zero-order valence-electron chi connectivity index (χ0n) is 12.9. The molecule has 0 amide bonds. The van der Waals surface area contributed by atoms with Gasteiger partial charge in [-0.2, -0.15) is 0 Å². The Hall–Kier alpha value is -1.26. The zero-order valence-corrected chi connectivity index (χ0v) is 12.9. The third kappa shape index (κ3) is 6.78. The Balaban J connectivity index is 2.18. The van der Waals surface area contributed by atoms with Crippen molar-refractivity contribution in [1.82, 2.24) is 0 Å². The number of benzene rings is 1. The quantitative estimate of drug-likeness (QED) is 0.485. The maximum atomic E-state index is 5.70. The van der Waals surface area contributed by atoms with Gasteiger partial charge in [0.05, 0.1) is 19.8 Å². The molecule has 0 saturated carbocycles. The highest BCUT2D eigenvalue weighted by Crippen LogP contribution is 2.26. The van der Waals surface area contributed by atoms with Gasteiger partial charge in [0.15, 0.2) is 17.8 Å². The molecular weight excluding hydrogens is 256 g/mol. The van der Waals surface area contributed by atoms with Crippen molar-refractivity contribution < 1.29 is 18.9 Å². The number of methoxy groups -OCH3 is 1. The highest BCUT2D eigenvalue weighted by molar-refractivity contribution is 5.39. The standard InChI is InChI=1S/C16H26O4/c1-13(2)18-11-7-8-12-19-14(3)20-16-10-6-5-9-15(16)17-4/h5-6,9-10,13-14H,7-8,11-12H2,1-4H3. The molecule has 0 N–H and O–H groups in total. The summed E-state index contributed by atoms with van der Waals surface area (Å²) in [5, 5.41) is 0. The van der Waals surface area contributed by atoms with E-state index in [9.17, 15) is 0 Å². The van der Waals surface area contributed by atoms with E-state index in [0.29, 0.717) is 24.2 Å². The van der Waals surface area contributed by atoms with Crippen LogP contribution in [0.25, 0.3) is 0 Å². The molecule has 0 aliphatic heterocycles. The van der Waals surface area contributed by atoms with Crippen LogP contribution in [0.15, 0.2) is 24.3 Å². The van der Waals surface area contributed by atoms with E-state index in [1.54, 1.807) is 7.11 Å². The van der Waals surface area contributed by atoms with Crippen LogP contribution >= 0.6 is 0 Å². The van der Waals surface area contributed by atoms with E-state index in [1.807, 2.05) is 45.0 Å². The van der Waals surface area contributed by atoms with E-state index in [-0.39, 0.29) is 6.29 Å². The summed E-state index contributed by atoms with van der Waals surface area (Å²) >= 11 is 0. The molecule has 0 radical (unpaired) electrons. The number of unbranched alkanes of at least 4 members (excludes halogenated alkanes) is 1. The van der Waals surface area contributed by atoms with Gasteiger partial charge in [-0.1, -0.05) is 12.1 Å². The fourth-order valence-corrected chi connectivity index (χ4v) is 1.70. The highest BCUT2D eigenvalue weighted by atomic mass is 16.7. The van der Waals surface area contributed by atoms with Crippen molar-refractivity contribution >= 4 is 0 Å². The summed E-state index contributed by atoms with van der Waals surface area (Å²) in [4.78, 5) is 0. The van der Waals surface area contributed by atoms with Crippen LogP contribution in [0.2, 0.25) is 0 Å². The van der Waals surface area contributed by atoms with Crippen LogP contribution in [-0.2, 0) is 9.47 Å². The lowest BCUT2D eigenvalue weighted by atomic mass is 10.3. The SMILES string of the molecule is COc1ccccc1OC(C)OCCCCOC(C)C. The van der Waals surface area contributed by atoms with Crippen LogP contribution in [-0.4, -0.2) is 32.7 Å². The molecule has 20 heavy (non-hydrogen) atoms. The Labute approximate surface area is 122 Å². The molecule has 0 heterocycles. The van der Waals surface area contributed by atoms with E-state index in [4.69, 9.17) is 18.9 Å². The predicted octanol–water partition coefficient (Wildman–Crippen LogP) is 3.64. The van der Waals surface area contributed by atoms with Gasteiger partial charge in [-0.3, -0.25) is 0 Å². The topological polar surface area (TPSA) is 36.9 Å². The number of hydrogen-bond donors (Lipinski definition) is 0. The molecule has 0 spiro atoms. The molecule has 1 aromatic rings. The molecule has 1 atom stereocenters. The smallest absolute Gasteiger partial charge is 0.197 e. The second-order valence-corrected chi connectivity index (χ2v) is 4.83. The Morgan fingerprint density at radius 2 is 1.50 bits per heavy atom. The molecule has 0 aliphatic rings. The van der Waals surface area contributed by atoms with E-state index < -0.39 is 0 Å². The second-order valence-electron chi connectivity index (χ2n) is 4.83. The number of ether oxygens (including phenoxy) is 4. The third-order valence-electron chi connectivity index (χ3n) is 2.70. The van der Waals surface area contributed by atoms with Gasteiger partial charge in [-0.05, 0) is 45.7 Å². The number of hydrogen-bond acceptors (Lipinski definition) is 4. The number of para-hydroxylation sites is 2. The molecule has 1 rings (SSSR count). The van der Waals surface area contributed by atoms with Gasteiger partial charge in [-0.25, -0.2) is 0 Å². The largest absolute Gasteiger partial charge is 0.493 e. The van der Waals surface area contributed by atoms with Crippen molar-refractivity contribution in [3.63, 3.8) is 0 Å². The lowest BCUT2D eigenvalue weighted by Crippen LogP contribution is -2.17. The van der Waals surface area contributed by atoms with Crippen molar-refractivity contribution in [3.05, 3.63) is 24.3 Å². The summed E-state index contributed by atoms with van der Waals surface area (Å²) in [5.41, 5.74) is 0. The minimum atomic E-state index is -0.294. The van der Waals surface area contributed by atoms with Crippen molar-refractivity contribution in [2.45, 2.75) is 46.0 Å². The van der Waals surface area contributed by atoms with Gasteiger partial charge in [0.2, 0.25) is 0 Å². The Bertz CT molecular complexity index is 365. The normalized spacial score (nSPS) is 12.4. The maximum Gasteiger partial charge on any atom is 0.197 e. The second kappa shape index (κ2) is 9.61. The van der Waals surface area contributed by atoms with Crippen molar-refractivity contribution in [1.29, 1.82) is 0 Å². The Morgan fingerprint density at radius 3 is 2.10 bits per heavy atom. The van der Waals surface area contributed by atoms with Crippen molar-refractivity contribution in [2.75, 3.05) is 20.3 Å². The predicted molar refractivity (Wildman–Crippen MR) is 79.4 cm³/mol. The zero-order chi connectivity index (χ0) is 14.8. The van der Waals surface area contributed by atoms with Gasteiger partial charge in [0, 0.05) is 6.61 Å². The molecular formula is C16H26O4. The summed E-state index contributed by atoms with van der Waals surface area (Å²) in [6.45, 7) is 7.41. The van der Waals surface area contributed by atoms with E-state index in [1.165, 1.54) is 0 Å². The van der Waals surface area contributed by atoms with Gasteiger partial charge in [0.25, 0.3) is 0 Å². The average molecular weight is 282 g/mol. The molecule has 0 aliphatic carbocycles. The molecule has 4 heteroatoms. The lowest BCUT2D eigenvalue weighted by Gasteiger charge is -2.17. The molecule has 0 saturated heterocycles. The van der Waals surface area contributed by atoms with Crippen LogP contribution in [0.3, 0.4) is 0 Å². The summed E-state index contributed by atoms with van der Waals surface area (Å²) in [5.74, 6) is 1.42. The van der Waals surface area contributed by atoms with Crippen LogP contribution in [0.5, 0.6) is 11.5 Å². The van der Waals surface area contributed by atoms with Gasteiger partial charge >= 0.3 is 0 Å². The molecule has 0 bridgehead atoms. The fourth-order valence-electron chi connectivity index (χ4n) is 1.70. The van der Waals surface area contributed by atoms with Gasteiger partial charge < -0.3 is 18.9 Å². The van der Waals surface area contributed by atoms with Gasteiger partial charge in [0.1, 0.15) is 0 Å². The van der Waals surface area contributed by atoms with Crippen LogP contribution < -0.4 is 9.47 Å². The van der Waals surface area contributed by atoms with Crippen LogP contribution in [0.1, 0.15) is 33.6 Å². The lowest BCUT2D eigenvalue weighted by molar-refractivity contribution is -0.0700. The summed E-state index contributed by atoms with van der Waals surface area (Å²) in [6.07, 6.45) is 1.97. The van der Waals surface area contributed by atoms with Crippen LogP contribution in [0, 0.1) is 0 Å². The van der Waals surface area contributed by atoms with E-state index >= 15 is 0 Å². The minimum absolute atomic E-state index is 0.294. The fraction of sp³-hybridized carbons (Fsp3) is 0.625. The summed E-state index contributed by atoms with van der Waals surface area (Å²) < 4.78 is 22.0.